The highest BCUT2D eigenvalue weighted by Crippen LogP contribution is 2.44. The van der Waals surface area contributed by atoms with Gasteiger partial charge in [0.2, 0.25) is 5.91 Å². The molecule has 0 bridgehead atoms. The van der Waals surface area contributed by atoms with Crippen LogP contribution in [-0.4, -0.2) is 45.3 Å². The number of nitrogens with zero attached hydrogens (tertiary/aromatic N) is 3. The topological polar surface area (TPSA) is 45.6 Å². The average Bonchev–Trinajstić information content (AvgIpc) is 3.17. The Morgan fingerprint density at radius 2 is 1.65 bits per heavy atom. The van der Waals surface area contributed by atoms with Gasteiger partial charge in [0.1, 0.15) is 6.04 Å². The lowest BCUT2D eigenvalue weighted by atomic mass is 9.92. The molecule has 0 spiro atoms. The number of fused-ring (bicyclic) bond motifs is 2. The molecule has 0 N–H and O–H groups in total. The lowest BCUT2D eigenvalue weighted by molar-refractivity contribution is -0.138. The monoisotopic (exact) mass is 457 g/mol. The van der Waals surface area contributed by atoms with E-state index in [-0.39, 0.29) is 23.8 Å². The van der Waals surface area contributed by atoms with Crippen molar-refractivity contribution >= 4 is 22.7 Å². The fraction of sp³-hybridized carbons (Fsp3) is 0.448. The highest BCUT2D eigenvalue weighted by Gasteiger charge is 2.47. The highest BCUT2D eigenvalue weighted by molar-refractivity contribution is 6.03. The molecule has 3 atom stereocenters. The molecule has 2 aliphatic rings. The van der Waals surface area contributed by atoms with Crippen molar-refractivity contribution in [3.63, 3.8) is 0 Å². The lowest BCUT2D eigenvalue weighted by Gasteiger charge is -2.38. The Hall–Kier alpha value is -3.08. The van der Waals surface area contributed by atoms with Crippen LogP contribution in [0, 0.1) is 5.92 Å². The van der Waals surface area contributed by atoms with Crippen molar-refractivity contribution < 1.29 is 9.59 Å². The van der Waals surface area contributed by atoms with Gasteiger partial charge in [-0.3, -0.25) is 9.59 Å². The maximum atomic E-state index is 14.1. The van der Waals surface area contributed by atoms with Crippen molar-refractivity contribution in [3.05, 3.63) is 71.4 Å². The van der Waals surface area contributed by atoms with E-state index in [0.29, 0.717) is 0 Å². The normalized spacial score (nSPS) is 20.3. The van der Waals surface area contributed by atoms with E-state index in [2.05, 4.69) is 42.8 Å². The van der Waals surface area contributed by atoms with Gasteiger partial charge in [-0.2, -0.15) is 0 Å². The van der Waals surface area contributed by atoms with Gasteiger partial charge in [0.15, 0.2) is 0 Å². The molecule has 3 heterocycles. The zero-order valence-corrected chi connectivity index (χ0v) is 20.5. The Labute approximate surface area is 202 Å². The van der Waals surface area contributed by atoms with Crippen LogP contribution in [0.3, 0.4) is 0 Å². The number of carbonyl (C=O) groups excluding carboxylic acids is 2. The van der Waals surface area contributed by atoms with Crippen LogP contribution in [-0.2, 0) is 11.8 Å². The number of aryl methyl sites for hydroxylation is 1. The summed E-state index contributed by atoms with van der Waals surface area (Å²) in [5, 5.41) is 1.13. The van der Waals surface area contributed by atoms with Gasteiger partial charge in [-0.1, -0.05) is 69.5 Å². The molecule has 5 nitrogen and oxygen atoms in total. The minimum Gasteiger partial charge on any atom is -0.350 e. The van der Waals surface area contributed by atoms with Crippen molar-refractivity contribution in [2.24, 2.45) is 13.0 Å². The van der Waals surface area contributed by atoms with Gasteiger partial charge in [-0.15, -0.1) is 0 Å². The molecule has 2 aromatic carbocycles. The molecular weight excluding hydrogens is 422 g/mol. The molecule has 2 aliphatic heterocycles. The summed E-state index contributed by atoms with van der Waals surface area (Å²) in [5.41, 5.74) is 3.94. The van der Waals surface area contributed by atoms with Crippen LogP contribution in [0.2, 0.25) is 0 Å². The molecule has 0 radical (unpaired) electrons. The zero-order chi connectivity index (χ0) is 23.8. The fourth-order valence-electron chi connectivity index (χ4n) is 5.87. The van der Waals surface area contributed by atoms with Crippen LogP contribution in [0.5, 0.6) is 0 Å². The molecule has 5 heteroatoms. The van der Waals surface area contributed by atoms with Crippen molar-refractivity contribution in [1.82, 2.24) is 14.4 Å². The number of hydrogen-bond donors (Lipinski definition) is 0. The number of carbonyl (C=O) groups is 2. The highest BCUT2D eigenvalue weighted by atomic mass is 16.2. The minimum atomic E-state index is -0.480. The summed E-state index contributed by atoms with van der Waals surface area (Å²) >= 11 is 0. The second-order valence-corrected chi connectivity index (χ2v) is 9.98. The molecule has 1 fully saturated rings. The van der Waals surface area contributed by atoms with Gasteiger partial charge in [0.05, 0.1) is 6.04 Å². The first-order chi connectivity index (χ1) is 16.5. The molecule has 1 saturated heterocycles. The zero-order valence-electron chi connectivity index (χ0n) is 20.5. The maximum Gasteiger partial charge on any atom is 0.255 e. The Morgan fingerprint density at radius 1 is 0.971 bits per heavy atom. The van der Waals surface area contributed by atoms with Crippen molar-refractivity contribution in [2.75, 3.05) is 13.1 Å². The van der Waals surface area contributed by atoms with E-state index in [1.165, 1.54) is 12.8 Å². The van der Waals surface area contributed by atoms with Crippen LogP contribution in [0.25, 0.3) is 10.9 Å². The summed E-state index contributed by atoms with van der Waals surface area (Å²) < 4.78 is 2.13. The standard InChI is InChI=1S/C29H35N3O2/c1-4-20(2)26(29(34)31-17-11-5-6-12-18-31)32-27(22-14-7-8-15-23(22)28(32)33)24-19-30(3)25-16-10-9-13-21(24)25/h7-10,13-16,19-20,26-27H,4-6,11-12,17-18H2,1-3H3. The van der Waals surface area contributed by atoms with Crippen LogP contribution in [0.4, 0.5) is 0 Å². The molecule has 178 valence electrons. The van der Waals surface area contributed by atoms with E-state index in [1.54, 1.807) is 0 Å². The lowest BCUT2D eigenvalue weighted by Crippen LogP contribution is -2.53. The number of likely N-dealkylation sites (tertiary alicyclic amines) is 1. The van der Waals surface area contributed by atoms with E-state index < -0.39 is 6.04 Å². The summed E-state index contributed by atoms with van der Waals surface area (Å²) in [4.78, 5) is 32.0. The summed E-state index contributed by atoms with van der Waals surface area (Å²) in [6.07, 6.45) is 7.41. The van der Waals surface area contributed by atoms with Gasteiger partial charge in [-0.25, -0.2) is 0 Å². The largest absolute Gasteiger partial charge is 0.350 e. The predicted octanol–water partition coefficient (Wildman–Crippen LogP) is 5.54. The third-order valence-electron chi connectivity index (χ3n) is 7.87. The van der Waals surface area contributed by atoms with Crippen LogP contribution < -0.4 is 0 Å². The minimum absolute atomic E-state index is 0.0259. The molecular formula is C29H35N3O2. The van der Waals surface area contributed by atoms with E-state index >= 15 is 0 Å². The van der Waals surface area contributed by atoms with Crippen molar-refractivity contribution in [1.29, 1.82) is 0 Å². The fourth-order valence-corrected chi connectivity index (χ4v) is 5.87. The number of benzene rings is 2. The Kier molecular flexibility index (Phi) is 6.20. The van der Waals surface area contributed by atoms with Crippen LogP contribution >= 0.6 is 0 Å². The Balaban J connectivity index is 1.66. The van der Waals surface area contributed by atoms with Gasteiger partial charge in [0.25, 0.3) is 5.91 Å². The molecule has 34 heavy (non-hydrogen) atoms. The molecule has 1 aromatic heterocycles. The van der Waals surface area contributed by atoms with Gasteiger partial charge >= 0.3 is 0 Å². The smallest absolute Gasteiger partial charge is 0.255 e. The number of rotatable bonds is 5. The summed E-state index contributed by atoms with van der Waals surface area (Å²) in [7, 11) is 2.05. The summed E-state index contributed by atoms with van der Waals surface area (Å²) in [5.74, 6) is 0.149. The third-order valence-corrected chi connectivity index (χ3v) is 7.87. The molecule has 2 amide bonds. The number of amides is 2. The number of aromatic nitrogens is 1. The second-order valence-electron chi connectivity index (χ2n) is 9.98. The van der Waals surface area contributed by atoms with E-state index in [0.717, 1.165) is 59.9 Å². The van der Waals surface area contributed by atoms with E-state index in [4.69, 9.17) is 0 Å². The molecule has 0 aliphatic carbocycles. The number of para-hydroxylation sites is 1. The summed E-state index contributed by atoms with van der Waals surface area (Å²) in [6.45, 7) is 5.82. The van der Waals surface area contributed by atoms with Crippen molar-refractivity contribution in [2.45, 2.75) is 58.0 Å². The second kappa shape index (κ2) is 9.28. The van der Waals surface area contributed by atoms with Gasteiger partial charge < -0.3 is 14.4 Å². The third kappa shape index (κ3) is 3.71. The first-order valence-electron chi connectivity index (χ1n) is 12.8. The van der Waals surface area contributed by atoms with Crippen LogP contribution in [0.15, 0.2) is 54.7 Å². The summed E-state index contributed by atoms with van der Waals surface area (Å²) in [6, 6.07) is 15.5. The quantitative estimate of drug-likeness (QED) is 0.505. The number of hydrogen-bond acceptors (Lipinski definition) is 2. The first-order valence-corrected chi connectivity index (χ1v) is 12.8. The Morgan fingerprint density at radius 3 is 2.38 bits per heavy atom. The SMILES string of the molecule is CCC(C)C(C(=O)N1CCCCCC1)N1C(=O)c2ccccc2C1c1cn(C)c2ccccc12. The van der Waals surface area contributed by atoms with Crippen molar-refractivity contribution in [3.8, 4) is 0 Å². The van der Waals surface area contributed by atoms with E-state index in [1.807, 2.05) is 47.2 Å². The predicted molar refractivity (Wildman–Crippen MR) is 136 cm³/mol. The van der Waals surface area contributed by atoms with Crippen LogP contribution in [0.1, 0.15) is 73.5 Å². The molecule has 3 unspecified atom stereocenters. The molecule has 0 saturated carbocycles. The van der Waals surface area contributed by atoms with Gasteiger partial charge in [0, 0.05) is 48.4 Å². The average molecular weight is 458 g/mol. The van der Waals surface area contributed by atoms with Gasteiger partial charge in [-0.05, 0) is 36.5 Å². The molecule has 3 aromatic rings. The van der Waals surface area contributed by atoms with E-state index in [9.17, 15) is 9.59 Å². The maximum absolute atomic E-state index is 14.1. The first kappa shape index (κ1) is 22.7. The Bertz CT molecular complexity index is 1210. The molecule has 5 rings (SSSR count).